The van der Waals surface area contributed by atoms with Gasteiger partial charge in [-0.3, -0.25) is 9.79 Å². The fourth-order valence-electron chi connectivity index (χ4n) is 2.90. The summed E-state index contributed by atoms with van der Waals surface area (Å²) in [5, 5.41) is 10.2. The Morgan fingerprint density at radius 1 is 1.10 bits per heavy atom. The van der Waals surface area contributed by atoms with Crippen LogP contribution in [0.25, 0.3) is 0 Å². The first-order valence-electron chi connectivity index (χ1n) is 10.2. The van der Waals surface area contributed by atoms with Gasteiger partial charge in [-0.2, -0.15) is 0 Å². The summed E-state index contributed by atoms with van der Waals surface area (Å²) in [4.78, 5) is 18.6. The molecule has 0 aliphatic carbocycles. The van der Waals surface area contributed by atoms with Gasteiger partial charge in [-0.05, 0) is 55.9 Å². The van der Waals surface area contributed by atoms with E-state index in [-0.39, 0.29) is 5.91 Å². The zero-order valence-electron chi connectivity index (χ0n) is 18.7. The number of aliphatic imine (C=N–C) groups is 1. The highest BCUT2D eigenvalue weighted by atomic mass is 35.5. The van der Waals surface area contributed by atoms with Gasteiger partial charge in [0.2, 0.25) is 0 Å². The molecule has 0 spiro atoms. The van der Waals surface area contributed by atoms with Crippen LogP contribution in [0.3, 0.4) is 0 Å². The third-order valence-electron chi connectivity index (χ3n) is 4.66. The van der Waals surface area contributed by atoms with Gasteiger partial charge in [0, 0.05) is 43.8 Å². The Labute approximate surface area is 189 Å². The van der Waals surface area contributed by atoms with Crippen molar-refractivity contribution in [2.45, 2.75) is 13.0 Å². The molecule has 0 aliphatic heterocycles. The second-order valence-corrected chi connectivity index (χ2v) is 7.73. The van der Waals surface area contributed by atoms with E-state index in [1.807, 2.05) is 61.5 Å². The maximum absolute atomic E-state index is 12.3. The number of rotatable bonds is 10. The van der Waals surface area contributed by atoms with E-state index < -0.39 is 0 Å². The summed E-state index contributed by atoms with van der Waals surface area (Å²) < 4.78 is 5.18. The summed E-state index contributed by atoms with van der Waals surface area (Å²) in [5.41, 5.74) is 2.69. The number of benzene rings is 2. The summed E-state index contributed by atoms with van der Waals surface area (Å²) in [6, 6.07) is 13.3. The number of carbonyl (C=O) groups is 1. The number of ether oxygens (including phenoxy) is 1. The van der Waals surface area contributed by atoms with Crippen LogP contribution in [0.1, 0.15) is 21.5 Å². The van der Waals surface area contributed by atoms with Crippen molar-refractivity contribution < 1.29 is 9.53 Å². The van der Waals surface area contributed by atoms with E-state index >= 15 is 0 Å². The predicted octanol–water partition coefficient (Wildman–Crippen LogP) is 2.55. The molecule has 0 saturated carbocycles. The number of halogens is 1. The van der Waals surface area contributed by atoms with Crippen LogP contribution in [-0.2, 0) is 13.0 Å². The van der Waals surface area contributed by atoms with E-state index in [1.54, 1.807) is 14.2 Å². The normalized spacial score (nSPS) is 11.4. The van der Waals surface area contributed by atoms with Crippen molar-refractivity contribution in [3.05, 3.63) is 64.2 Å². The van der Waals surface area contributed by atoms with Crippen LogP contribution >= 0.6 is 11.6 Å². The number of hydrogen-bond acceptors (Lipinski definition) is 4. The number of amides is 1. The van der Waals surface area contributed by atoms with Crippen molar-refractivity contribution in [3.8, 4) is 5.75 Å². The quantitative estimate of drug-likeness (QED) is 0.387. The average molecular weight is 446 g/mol. The third-order valence-corrected chi connectivity index (χ3v) is 5.02. The Balaban J connectivity index is 1.82. The highest BCUT2D eigenvalue weighted by Gasteiger charge is 2.07. The lowest BCUT2D eigenvalue weighted by Gasteiger charge is -2.13. The largest absolute Gasteiger partial charge is 0.497 e. The van der Waals surface area contributed by atoms with Gasteiger partial charge in [0.05, 0.1) is 7.11 Å². The molecule has 7 nitrogen and oxygen atoms in total. The smallest absolute Gasteiger partial charge is 0.251 e. The van der Waals surface area contributed by atoms with E-state index in [4.69, 9.17) is 16.3 Å². The Kier molecular flexibility index (Phi) is 10.1. The Morgan fingerprint density at radius 2 is 1.90 bits per heavy atom. The lowest BCUT2D eigenvalue weighted by atomic mass is 10.1. The van der Waals surface area contributed by atoms with Gasteiger partial charge in [0.25, 0.3) is 5.91 Å². The minimum atomic E-state index is -0.0671. The van der Waals surface area contributed by atoms with Gasteiger partial charge in [0.1, 0.15) is 5.75 Å². The van der Waals surface area contributed by atoms with Crippen LogP contribution in [0.15, 0.2) is 47.5 Å². The fraction of sp³-hybridized carbons (Fsp3) is 0.391. The molecule has 3 N–H and O–H groups in total. The van der Waals surface area contributed by atoms with E-state index in [2.05, 4.69) is 20.9 Å². The number of nitrogens with zero attached hydrogens (tertiary/aromatic N) is 2. The molecule has 2 aromatic rings. The first-order chi connectivity index (χ1) is 14.9. The zero-order valence-corrected chi connectivity index (χ0v) is 19.4. The monoisotopic (exact) mass is 445 g/mol. The van der Waals surface area contributed by atoms with Crippen molar-refractivity contribution in [1.82, 2.24) is 20.9 Å². The standard InChI is InChI=1S/C23H32ClN5O2/c1-25-23(27-11-10-18-8-9-20(31-4)15-21(18)24)28-16-17-6-5-7-19(14-17)22(30)26-12-13-29(2)3/h5-9,14-15H,10-13,16H2,1-4H3,(H,26,30)(H2,25,27,28). The van der Waals surface area contributed by atoms with Crippen LogP contribution in [0.5, 0.6) is 5.75 Å². The molecular formula is C23H32ClN5O2. The molecule has 1 amide bonds. The van der Waals surface area contributed by atoms with Crippen molar-refractivity contribution in [3.63, 3.8) is 0 Å². The zero-order chi connectivity index (χ0) is 22.6. The molecule has 0 heterocycles. The molecule has 2 rings (SSSR count). The van der Waals surface area contributed by atoms with Crippen molar-refractivity contribution in [2.75, 3.05) is 47.9 Å². The molecule has 0 bridgehead atoms. The summed E-state index contributed by atoms with van der Waals surface area (Å²) in [5.74, 6) is 1.36. The van der Waals surface area contributed by atoms with Crippen LogP contribution in [0.4, 0.5) is 0 Å². The number of nitrogens with one attached hydrogen (secondary N) is 3. The van der Waals surface area contributed by atoms with Gasteiger partial charge >= 0.3 is 0 Å². The Bertz CT molecular complexity index is 886. The van der Waals surface area contributed by atoms with Crippen molar-refractivity contribution in [1.29, 1.82) is 0 Å². The second kappa shape index (κ2) is 12.8. The Hall–Kier alpha value is -2.77. The Morgan fingerprint density at radius 3 is 2.58 bits per heavy atom. The fourth-order valence-corrected chi connectivity index (χ4v) is 3.16. The summed E-state index contributed by atoms with van der Waals surface area (Å²) in [6.45, 7) is 2.65. The van der Waals surface area contributed by atoms with E-state index in [1.165, 1.54) is 0 Å². The van der Waals surface area contributed by atoms with Gasteiger partial charge in [-0.15, -0.1) is 0 Å². The lowest BCUT2D eigenvalue weighted by Crippen LogP contribution is -2.38. The second-order valence-electron chi connectivity index (χ2n) is 7.32. The maximum Gasteiger partial charge on any atom is 0.251 e. The number of carbonyl (C=O) groups excluding carboxylic acids is 1. The van der Waals surface area contributed by atoms with Crippen molar-refractivity contribution in [2.24, 2.45) is 4.99 Å². The van der Waals surface area contributed by atoms with Gasteiger partial charge in [-0.1, -0.05) is 29.8 Å². The van der Waals surface area contributed by atoms with Crippen LogP contribution < -0.4 is 20.7 Å². The van der Waals surface area contributed by atoms with Crippen LogP contribution in [-0.4, -0.2) is 64.7 Å². The molecule has 2 aromatic carbocycles. The first-order valence-corrected chi connectivity index (χ1v) is 10.6. The van der Waals surface area contributed by atoms with Crippen LogP contribution in [0, 0.1) is 0 Å². The number of hydrogen-bond donors (Lipinski definition) is 3. The van der Waals surface area contributed by atoms with E-state index in [9.17, 15) is 4.79 Å². The van der Waals surface area contributed by atoms with Gasteiger partial charge < -0.3 is 25.6 Å². The minimum absolute atomic E-state index is 0.0671. The van der Waals surface area contributed by atoms with E-state index in [0.717, 1.165) is 29.8 Å². The number of guanidine groups is 1. The average Bonchev–Trinajstić information content (AvgIpc) is 2.76. The first kappa shape index (κ1) is 24.5. The van der Waals surface area contributed by atoms with Gasteiger partial charge in [0.15, 0.2) is 5.96 Å². The number of likely N-dealkylation sites (N-methyl/N-ethyl adjacent to an activating group) is 1. The molecule has 31 heavy (non-hydrogen) atoms. The van der Waals surface area contributed by atoms with Gasteiger partial charge in [-0.25, -0.2) is 0 Å². The topological polar surface area (TPSA) is 78.0 Å². The van der Waals surface area contributed by atoms with E-state index in [0.29, 0.717) is 36.2 Å². The molecular weight excluding hydrogens is 414 g/mol. The molecule has 0 aliphatic rings. The molecule has 0 fully saturated rings. The van der Waals surface area contributed by atoms with Crippen molar-refractivity contribution >= 4 is 23.5 Å². The molecule has 0 radical (unpaired) electrons. The molecule has 168 valence electrons. The predicted molar refractivity (Wildman–Crippen MR) is 127 cm³/mol. The lowest BCUT2D eigenvalue weighted by molar-refractivity contribution is 0.0951. The minimum Gasteiger partial charge on any atom is -0.497 e. The number of methoxy groups -OCH3 is 1. The third kappa shape index (κ3) is 8.47. The summed E-state index contributed by atoms with van der Waals surface area (Å²) >= 11 is 6.30. The maximum atomic E-state index is 12.3. The van der Waals surface area contributed by atoms with Crippen LogP contribution in [0.2, 0.25) is 5.02 Å². The molecule has 0 aromatic heterocycles. The molecule has 0 unspecified atom stereocenters. The highest BCUT2D eigenvalue weighted by molar-refractivity contribution is 6.31. The SMILES string of the molecule is CN=C(NCCc1ccc(OC)cc1Cl)NCc1cccc(C(=O)NCCN(C)C)c1. The molecule has 0 saturated heterocycles. The summed E-state index contributed by atoms with van der Waals surface area (Å²) in [6.07, 6.45) is 0.756. The molecule has 8 heteroatoms. The molecule has 0 atom stereocenters. The highest BCUT2D eigenvalue weighted by Crippen LogP contribution is 2.22. The summed E-state index contributed by atoms with van der Waals surface area (Å²) in [7, 11) is 7.30.